The van der Waals surface area contributed by atoms with Crippen LogP contribution in [0.15, 0.2) is 36.4 Å². The van der Waals surface area contributed by atoms with Crippen LogP contribution in [0.1, 0.15) is 34.6 Å². The molecular formula is C21H21NO7. The van der Waals surface area contributed by atoms with Crippen LogP contribution in [0, 0.1) is 0 Å². The number of carbonyl (C=O) groups is 3. The first-order valence-electron chi connectivity index (χ1n) is 9.18. The minimum Gasteiger partial charge on any atom is -0.490 e. The van der Waals surface area contributed by atoms with Gasteiger partial charge in [-0.3, -0.25) is 9.59 Å². The van der Waals surface area contributed by atoms with Crippen molar-refractivity contribution in [3.63, 3.8) is 0 Å². The van der Waals surface area contributed by atoms with Crippen LogP contribution >= 0.6 is 0 Å². The summed E-state index contributed by atoms with van der Waals surface area (Å²) in [5.74, 6) is 0.0832. The molecule has 3 rings (SSSR count). The predicted octanol–water partition coefficient (Wildman–Crippen LogP) is 2.85. The van der Waals surface area contributed by atoms with Gasteiger partial charge in [0.15, 0.2) is 30.5 Å². The molecule has 2 aromatic rings. The molecule has 1 aliphatic rings. The summed E-state index contributed by atoms with van der Waals surface area (Å²) in [5, 5.41) is 2.63. The third kappa shape index (κ3) is 4.84. The molecule has 1 amide bonds. The number of amides is 1. The van der Waals surface area contributed by atoms with E-state index in [1.54, 1.807) is 24.3 Å². The van der Waals surface area contributed by atoms with Crippen LogP contribution in [-0.2, 0) is 9.53 Å². The number of ketones is 1. The minimum atomic E-state index is -0.656. The standard InChI is InChI=1S/C21H21NO7/c1-3-26-18-8-6-14(10-19(18)27-4-2)21(25)29-11-16(23)13-5-7-17-15(9-13)22-20(24)12-28-17/h5-10H,3-4,11-12H2,1-2H3,(H,22,24). The molecular weight excluding hydrogens is 378 g/mol. The molecule has 8 heteroatoms. The topological polar surface area (TPSA) is 100 Å². The molecule has 0 radical (unpaired) electrons. The highest BCUT2D eigenvalue weighted by molar-refractivity contribution is 6.02. The molecule has 29 heavy (non-hydrogen) atoms. The number of Topliss-reactive ketones (excluding diaryl/α,β-unsaturated/α-hetero) is 1. The van der Waals surface area contributed by atoms with Crippen molar-refractivity contribution < 1.29 is 33.3 Å². The monoisotopic (exact) mass is 399 g/mol. The molecule has 0 saturated heterocycles. The van der Waals surface area contributed by atoms with Gasteiger partial charge in [0.1, 0.15) is 5.75 Å². The van der Waals surface area contributed by atoms with E-state index in [9.17, 15) is 14.4 Å². The second-order valence-electron chi connectivity index (χ2n) is 6.07. The zero-order valence-corrected chi connectivity index (χ0v) is 16.2. The Balaban J connectivity index is 1.66. The Labute approximate surface area is 167 Å². The first kappa shape index (κ1) is 20.2. The Hall–Kier alpha value is -3.55. The molecule has 152 valence electrons. The van der Waals surface area contributed by atoms with Gasteiger partial charge >= 0.3 is 5.97 Å². The average molecular weight is 399 g/mol. The van der Waals surface area contributed by atoms with Gasteiger partial charge in [-0.05, 0) is 50.2 Å². The summed E-state index contributed by atoms with van der Waals surface area (Å²) in [7, 11) is 0. The van der Waals surface area contributed by atoms with Gasteiger partial charge in [0.25, 0.3) is 5.91 Å². The zero-order valence-electron chi connectivity index (χ0n) is 16.2. The SMILES string of the molecule is CCOc1ccc(C(=O)OCC(=O)c2ccc3c(c2)NC(=O)CO3)cc1OCC. The van der Waals surface area contributed by atoms with E-state index in [0.29, 0.717) is 41.7 Å². The molecule has 0 saturated carbocycles. The molecule has 0 bridgehead atoms. The molecule has 0 unspecified atom stereocenters. The summed E-state index contributed by atoms with van der Waals surface area (Å²) >= 11 is 0. The van der Waals surface area contributed by atoms with E-state index < -0.39 is 18.4 Å². The maximum absolute atomic E-state index is 12.4. The number of benzene rings is 2. The molecule has 2 aromatic carbocycles. The van der Waals surface area contributed by atoms with Crippen molar-refractivity contribution in [1.29, 1.82) is 0 Å². The summed E-state index contributed by atoms with van der Waals surface area (Å²) in [6.07, 6.45) is 0. The van der Waals surface area contributed by atoms with Crippen molar-refractivity contribution in [2.45, 2.75) is 13.8 Å². The largest absolute Gasteiger partial charge is 0.490 e. The summed E-state index contributed by atoms with van der Waals surface area (Å²) in [6, 6.07) is 9.33. The van der Waals surface area contributed by atoms with Crippen LogP contribution in [0.3, 0.4) is 0 Å². The van der Waals surface area contributed by atoms with Crippen LogP contribution in [0.4, 0.5) is 5.69 Å². The predicted molar refractivity (Wildman–Crippen MR) is 104 cm³/mol. The summed E-state index contributed by atoms with van der Waals surface area (Å²) in [4.78, 5) is 36.1. The van der Waals surface area contributed by atoms with Gasteiger partial charge in [-0.15, -0.1) is 0 Å². The van der Waals surface area contributed by atoms with E-state index in [0.717, 1.165) is 0 Å². The molecule has 1 N–H and O–H groups in total. The van der Waals surface area contributed by atoms with E-state index in [1.165, 1.54) is 12.1 Å². The van der Waals surface area contributed by atoms with Gasteiger partial charge in [0.2, 0.25) is 0 Å². The second-order valence-corrected chi connectivity index (χ2v) is 6.07. The van der Waals surface area contributed by atoms with Crippen molar-refractivity contribution >= 4 is 23.3 Å². The average Bonchev–Trinajstić information content (AvgIpc) is 2.72. The summed E-state index contributed by atoms with van der Waals surface area (Å²) in [6.45, 7) is 4.04. The Morgan fingerprint density at radius 1 is 1.00 bits per heavy atom. The highest BCUT2D eigenvalue weighted by Crippen LogP contribution is 2.30. The van der Waals surface area contributed by atoms with Crippen molar-refractivity contribution in [3.05, 3.63) is 47.5 Å². The first-order valence-corrected chi connectivity index (χ1v) is 9.18. The summed E-state index contributed by atoms with van der Waals surface area (Å²) in [5.41, 5.74) is 0.950. The van der Waals surface area contributed by atoms with Gasteiger partial charge in [0.05, 0.1) is 24.5 Å². The maximum Gasteiger partial charge on any atom is 0.338 e. The van der Waals surface area contributed by atoms with E-state index in [4.69, 9.17) is 18.9 Å². The number of rotatable bonds is 8. The second kappa shape index (κ2) is 9.09. The first-order chi connectivity index (χ1) is 14.0. The fourth-order valence-corrected chi connectivity index (χ4v) is 2.73. The molecule has 0 aromatic heterocycles. The van der Waals surface area contributed by atoms with Crippen LogP contribution in [-0.4, -0.2) is 44.1 Å². The lowest BCUT2D eigenvalue weighted by atomic mass is 10.1. The zero-order chi connectivity index (χ0) is 20.8. The molecule has 1 aliphatic heterocycles. The minimum absolute atomic E-state index is 0.0657. The van der Waals surface area contributed by atoms with Gasteiger partial charge in [-0.1, -0.05) is 0 Å². The van der Waals surface area contributed by atoms with Crippen molar-refractivity contribution in [3.8, 4) is 17.2 Å². The number of nitrogens with one attached hydrogen (secondary N) is 1. The molecule has 0 fully saturated rings. The van der Waals surface area contributed by atoms with Crippen molar-refractivity contribution in [2.75, 3.05) is 31.7 Å². The number of hydrogen-bond acceptors (Lipinski definition) is 7. The Kier molecular flexibility index (Phi) is 6.33. The third-order valence-electron chi connectivity index (χ3n) is 4.05. The normalized spacial score (nSPS) is 12.3. The van der Waals surface area contributed by atoms with E-state index in [-0.39, 0.29) is 18.1 Å². The lowest BCUT2D eigenvalue weighted by molar-refractivity contribution is -0.118. The smallest absolute Gasteiger partial charge is 0.338 e. The van der Waals surface area contributed by atoms with E-state index in [2.05, 4.69) is 5.32 Å². The number of hydrogen-bond donors (Lipinski definition) is 1. The fraction of sp³-hybridized carbons (Fsp3) is 0.286. The quantitative estimate of drug-likeness (QED) is 0.538. The number of esters is 1. The Morgan fingerprint density at radius 3 is 2.48 bits per heavy atom. The summed E-state index contributed by atoms with van der Waals surface area (Å²) < 4.78 is 21.3. The van der Waals surface area contributed by atoms with Gasteiger partial charge in [0, 0.05) is 5.56 Å². The molecule has 8 nitrogen and oxygen atoms in total. The van der Waals surface area contributed by atoms with Gasteiger partial charge in [-0.2, -0.15) is 0 Å². The Bertz CT molecular complexity index is 939. The molecule has 0 aliphatic carbocycles. The van der Waals surface area contributed by atoms with E-state index in [1.807, 2.05) is 13.8 Å². The van der Waals surface area contributed by atoms with Gasteiger partial charge < -0.3 is 24.3 Å². The molecule has 1 heterocycles. The van der Waals surface area contributed by atoms with Crippen LogP contribution in [0.2, 0.25) is 0 Å². The van der Waals surface area contributed by atoms with Gasteiger partial charge in [-0.25, -0.2) is 4.79 Å². The molecule has 0 atom stereocenters. The molecule has 0 spiro atoms. The number of anilines is 1. The van der Waals surface area contributed by atoms with Crippen molar-refractivity contribution in [1.82, 2.24) is 0 Å². The third-order valence-corrected chi connectivity index (χ3v) is 4.05. The lowest BCUT2D eigenvalue weighted by Crippen LogP contribution is -2.25. The maximum atomic E-state index is 12.4. The highest BCUT2D eigenvalue weighted by atomic mass is 16.5. The lowest BCUT2D eigenvalue weighted by Gasteiger charge is -2.18. The number of ether oxygens (including phenoxy) is 4. The van der Waals surface area contributed by atoms with Crippen LogP contribution in [0.5, 0.6) is 17.2 Å². The van der Waals surface area contributed by atoms with Crippen LogP contribution in [0.25, 0.3) is 0 Å². The number of fused-ring (bicyclic) bond motifs is 1. The van der Waals surface area contributed by atoms with Crippen LogP contribution < -0.4 is 19.5 Å². The fourth-order valence-electron chi connectivity index (χ4n) is 2.73. The van der Waals surface area contributed by atoms with E-state index >= 15 is 0 Å². The Morgan fingerprint density at radius 2 is 1.72 bits per heavy atom. The highest BCUT2D eigenvalue weighted by Gasteiger charge is 2.19. The van der Waals surface area contributed by atoms with Crippen molar-refractivity contribution in [2.24, 2.45) is 0 Å². The number of carbonyl (C=O) groups excluding carboxylic acids is 3.